The zero-order chi connectivity index (χ0) is 21.5. The highest BCUT2D eigenvalue weighted by atomic mass is 19.1. The number of benzene rings is 1. The summed E-state index contributed by atoms with van der Waals surface area (Å²) < 4.78 is 36.9. The number of halogens is 2. The molecule has 0 saturated carbocycles. The summed E-state index contributed by atoms with van der Waals surface area (Å²) in [5.74, 6) is -0.319. The Kier molecular flexibility index (Phi) is 4.62. The summed E-state index contributed by atoms with van der Waals surface area (Å²) in [6.45, 7) is 2.64. The molecule has 0 aliphatic carbocycles. The number of nitrogens with zero attached hydrogens (tertiary/aromatic N) is 4. The van der Waals surface area contributed by atoms with Gasteiger partial charge in [-0.25, -0.2) is 13.8 Å². The van der Waals surface area contributed by atoms with Crippen molar-refractivity contribution in [2.75, 3.05) is 5.73 Å². The van der Waals surface area contributed by atoms with Gasteiger partial charge in [0.15, 0.2) is 11.6 Å². The van der Waals surface area contributed by atoms with E-state index in [4.69, 9.17) is 10.5 Å². The van der Waals surface area contributed by atoms with Gasteiger partial charge in [0.05, 0.1) is 18.1 Å². The van der Waals surface area contributed by atoms with Gasteiger partial charge in [0, 0.05) is 47.6 Å². The van der Waals surface area contributed by atoms with E-state index >= 15 is 4.39 Å². The predicted octanol–water partition coefficient (Wildman–Crippen LogP) is 4.37. The largest absolute Gasteiger partial charge is 0.485 e. The zero-order valence-corrected chi connectivity index (χ0v) is 16.8. The number of rotatable bonds is 1. The molecular formula is C23H19F2N5O. The normalized spacial score (nSPS) is 12.6. The average molecular weight is 419 g/mol. The minimum Gasteiger partial charge on any atom is -0.485 e. The van der Waals surface area contributed by atoms with Crippen molar-refractivity contribution in [1.29, 1.82) is 0 Å². The number of aromatic nitrogens is 4. The third-order valence-corrected chi connectivity index (χ3v) is 5.45. The van der Waals surface area contributed by atoms with Crippen LogP contribution in [0.1, 0.15) is 23.6 Å². The van der Waals surface area contributed by atoms with Gasteiger partial charge < -0.3 is 10.5 Å². The standard InChI is InChI=1S/C23H19F2N5O/c1-2-30-22-14(10-29-30)5-13-8-27-11-19(25)21(13)18-4-3-17(24)6-16(18)12-31-20-7-15(22)9-28-23(20)26/h3-4,6-11H,2,5,12H2,1H3,(H2,26,28). The Bertz CT molecular complexity index is 1300. The molecule has 0 unspecified atom stereocenters. The number of nitrogens with two attached hydrogens (primary N) is 1. The summed E-state index contributed by atoms with van der Waals surface area (Å²) >= 11 is 0. The van der Waals surface area contributed by atoms with Gasteiger partial charge in [-0.2, -0.15) is 5.10 Å². The van der Waals surface area contributed by atoms with E-state index in [1.165, 1.54) is 18.3 Å². The molecule has 31 heavy (non-hydrogen) atoms. The second-order valence-electron chi connectivity index (χ2n) is 7.36. The second-order valence-corrected chi connectivity index (χ2v) is 7.36. The molecule has 2 bridgehead atoms. The molecule has 3 aromatic heterocycles. The smallest absolute Gasteiger partial charge is 0.166 e. The minimum atomic E-state index is -0.480. The highest BCUT2D eigenvalue weighted by Crippen LogP contribution is 2.36. The molecule has 0 fully saturated rings. The first-order valence-electron chi connectivity index (χ1n) is 9.89. The number of pyridine rings is 2. The Balaban J connectivity index is 1.81. The van der Waals surface area contributed by atoms with E-state index < -0.39 is 11.6 Å². The third-order valence-electron chi connectivity index (χ3n) is 5.45. The zero-order valence-electron chi connectivity index (χ0n) is 16.8. The monoisotopic (exact) mass is 419 g/mol. The molecule has 6 nitrogen and oxygen atoms in total. The highest BCUT2D eigenvalue weighted by molar-refractivity contribution is 5.73. The fourth-order valence-electron chi connectivity index (χ4n) is 4.02. The van der Waals surface area contributed by atoms with Crippen molar-refractivity contribution in [3.63, 3.8) is 0 Å². The molecule has 0 atom stereocenters. The fourth-order valence-corrected chi connectivity index (χ4v) is 4.02. The maximum Gasteiger partial charge on any atom is 0.166 e. The SMILES string of the molecule is CCn1ncc2c1-c1cnc(N)c(c1)OCc1cc(F)ccc1-c1c(F)cncc1C2. The molecule has 0 saturated heterocycles. The molecule has 8 heteroatoms. The molecule has 4 aromatic rings. The molecule has 0 radical (unpaired) electrons. The lowest BCUT2D eigenvalue weighted by Gasteiger charge is -2.18. The van der Waals surface area contributed by atoms with E-state index in [0.29, 0.717) is 41.0 Å². The summed E-state index contributed by atoms with van der Waals surface area (Å²) in [5, 5.41) is 4.49. The molecule has 0 spiro atoms. The summed E-state index contributed by atoms with van der Waals surface area (Å²) in [6, 6.07) is 6.03. The van der Waals surface area contributed by atoms with Crippen LogP contribution in [0.4, 0.5) is 14.6 Å². The maximum absolute atomic E-state index is 15.0. The number of hydrogen-bond donors (Lipinski definition) is 1. The van der Waals surface area contributed by atoms with E-state index in [0.717, 1.165) is 16.8 Å². The number of anilines is 1. The van der Waals surface area contributed by atoms with Gasteiger partial charge in [0.1, 0.15) is 18.2 Å². The van der Waals surface area contributed by atoms with E-state index in [1.54, 1.807) is 30.7 Å². The van der Waals surface area contributed by atoms with Crippen molar-refractivity contribution in [1.82, 2.24) is 19.7 Å². The highest BCUT2D eigenvalue weighted by Gasteiger charge is 2.22. The van der Waals surface area contributed by atoms with Crippen molar-refractivity contribution >= 4 is 5.82 Å². The Labute approximate surface area is 177 Å². The lowest BCUT2D eigenvalue weighted by atomic mass is 9.92. The Hall–Kier alpha value is -3.81. The van der Waals surface area contributed by atoms with Crippen LogP contribution in [0.2, 0.25) is 0 Å². The van der Waals surface area contributed by atoms with Gasteiger partial charge in [0.25, 0.3) is 0 Å². The van der Waals surface area contributed by atoms with Crippen molar-refractivity contribution in [3.8, 4) is 28.1 Å². The Morgan fingerprint density at radius 1 is 1.06 bits per heavy atom. The van der Waals surface area contributed by atoms with Gasteiger partial charge in [0.2, 0.25) is 0 Å². The predicted molar refractivity (Wildman–Crippen MR) is 112 cm³/mol. The first-order chi connectivity index (χ1) is 15.0. The van der Waals surface area contributed by atoms with Crippen molar-refractivity contribution in [3.05, 3.63) is 77.4 Å². The number of fused-ring (bicyclic) bond motifs is 7. The summed E-state index contributed by atoms with van der Waals surface area (Å²) in [6.07, 6.45) is 6.63. The van der Waals surface area contributed by atoms with Crippen LogP contribution in [0.15, 0.2) is 49.1 Å². The van der Waals surface area contributed by atoms with Gasteiger partial charge in [-0.05, 0) is 36.2 Å². The van der Waals surface area contributed by atoms with Crippen LogP contribution in [-0.2, 0) is 19.6 Å². The molecule has 1 aliphatic rings. The first kappa shape index (κ1) is 19.2. The Morgan fingerprint density at radius 2 is 1.94 bits per heavy atom. The lowest BCUT2D eigenvalue weighted by Crippen LogP contribution is -2.07. The van der Waals surface area contributed by atoms with Crippen LogP contribution in [0.25, 0.3) is 22.4 Å². The molecule has 1 aliphatic heterocycles. The molecule has 156 valence electrons. The quantitative estimate of drug-likeness (QED) is 0.496. The van der Waals surface area contributed by atoms with E-state index in [1.807, 2.05) is 11.6 Å². The van der Waals surface area contributed by atoms with E-state index in [9.17, 15) is 4.39 Å². The first-order valence-corrected chi connectivity index (χ1v) is 9.89. The molecule has 4 heterocycles. The summed E-state index contributed by atoms with van der Waals surface area (Å²) in [7, 11) is 0. The van der Waals surface area contributed by atoms with Gasteiger partial charge in [-0.3, -0.25) is 9.67 Å². The lowest BCUT2D eigenvalue weighted by molar-refractivity contribution is 0.307. The molecule has 2 N–H and O–H groups in total. The van der Waals surface area contributed by atoms with Crippen LogP contribution < -0.4 is 10.5 Å². The van der Waals surface area contributed by atoms with E-state index in [-0.39, 0.29) is 12.4 Å². The molecule has 5 rings (SSSR count). The number of aryl methyl sites for hydroxylation is 1. The van der Waals surface area contributed by atoms with Crippen LogP contribution in [-0.4, -0.2) is 19.7 Å². The number of ether oxygens (including phenoxy) is 1. The van der Waals surface area contributed by atoms with Gasteiger partial charge >= 0.3 is 0 Å². The number of nitrogen functional groups attached to an aromatic ring is 1. The third kappa shape index (κ3) is 3.30. The maximum atomic E-state index is 15.0. The molecule has 1 aromatic carbocycles. The fraction of sp³-hybridized carbons (Fsp3) is 0.174. The van der Waals surface area contributed by atoms with Crippen LogP contribution in [0.3, 0.4) is 0 Å². The topological polar surface area (TPSA) is 78.9 Å². The second kappa shape index (κ2) is 7.46. The molecular weight excluding hydrogens is 400 g/mol. The van der Waals surface area contributed by atoms with Gasteiger partial charge in [-0.1, -0.05) is 6.07 Å². The van der Waals surface area contributed by atoms with E-state index in [2.05, 4.69) is 15.1 Å². The summed E-state index contributed by atoms with van der Waals surface area (Å²) in [5.41, 5.74) is 10.7. The van der Waals surface area contributed by atoms with Crippen LogP contribution >= 0.6 is 0 Å². The van der Waals surface area contributed by atoms with Crippen LogP contribution in [0.5, 0.6) is 5.75 Å². The minimum absolute atomic E-state index is 0.00350. The van der Waals surface area contributed by atoms with Crippen molar-refractivity contribution in [2.45, 2.75) is 26.5 Å². The van der Waals surface area contributed by atoms with Gasteiger partial charge in [-0.15, -0.1) is 0 Å². The van der Waals surface area contributed by atoms with Crippen molar-refractivity contribution < 1.29 is 13.5 Å². The number of hydrogen-bond acceptors (Lipinski definition) is 5. The van der Waals surface area contributed by atoms with Crippen LogP contribution in [0, 0.1) is 11.6 Å². The average Bonchev–Trinajstić information content (AvgIpc) is 3.16. The summed E-state index contributed by atoms with van der Waals surface area (Å²) in [4.78, 5) is 8.34. The molecule has 0 amide bonds. The van der Waals surface area contributed by atoms with Crippen molar-refractivity contribution in [2.24, 2.45) is 0 Å². The Morgan fingerprint density at radius 3 is 2.77 bits per heavy atom.